The Morgan fingerprint density at radius 3 is 2.43 bits per heavy atom. The van der Waals surface area contributed by atoms with Crippen LogP contribution in [0.2, 0.25) is 0 Å². The van der Waals surface area contributed by atoms with Gasteiger partial charge in [-0.2, -0.15) is 13.2 Å². The number of rotatable bonds is 3. The normalized spacial score (nSPS) is 12.4. The number of carbonyl (C=O) groups excluding carboxylic acids is 2. The number of carbonyl (C=O) groups is 2. The molecule has 9 heteroatoms. The Labute approximate surface area is 118 Å². The van der Waals surface area contributed by atoms with Crippen molar-refractivity contribution in [3.05, 3.63) is 29.8 Å². The summed E-state index contributed by atoms with van der Waals surface area (Å²) in [4.78, 5) is 22.6. The number of hydrogen-bond acceptors (Lipinski definition) is 3. The van der Waals surface area contributed by atoms with Crippen molar-refractivity contribution < 1.29 is 27.9 Å². The molecule has 0 bridgehead atoms. The topological polar surface area (TPSA) is 90.5 Å². The van der Waals surface area contributed by atoms with Gasteiger partial charge in [0.2, 0.25) is 5.91 Å². The predicted molar refractivity (Wildman–Crippen MR) is 68.0 cm³/mol. The number of urea groups is 1. The Morgan fingerprint density at radius 1 is 1.24 bits per heavy atom. The van der Waals surface area contributed by atoms with Crippen LogP contribution in [0.5, 0.6) is 0 Å². The van der Waals surface area contributed by atoms with Gasteiger partial charge in [-0.3, -0.25) is 10.2 Å². The second-order valence-electron chi connectivity index (χ2n) is 4.22. The number of benzene rings is 1. The third-order valence-electron chi connectivity index (χ3n) is 2.28. The van der Waals surface area contributed by atoms with Crippen molar-refractivity contribution in [3.8, 4) is 0 Å². The summed E-state index contributed by atoms with van der Waals surface area (Å²) in [5.41, 5.74) is 2.39. The lowest BCUT2D eigenvalue weighted by atomic mass is 10.1. The molecular weight excluding hydrogens is 291 g/mol. The highest BCUT2D eigenvalue weighted by Gasteiger charge is 2.33. The molecule has 116 valence electrons. The predicted octanol–water partition coefficient (Wildman–Crippen LogP) is 1.63. The van der Waals surface area contributed by atoms with Crippen LogP contribution in [0.15, 0.2) is 24.3 Å². The summed E-state index contributed by atoms with van der Waals surface area (Å²) in [6.07, 6.45) is -5.76. The first-order chi connectivity index (χ1) is 9.70. The van der Waals surface area contributed by atoms with Crippen LogP contribution < -0.4 is 16.2 Å². The molecule has 0 aromatic heterocycles. The number of hydrogen-bond donors (Lipinski definition) is 4. The fourth-order valence-corrected chi connectivity index (χ4v) is 1.44. The molecule has 1 aromatic rings. The number of halogens is 3. The van der Waals surface area contributed by atoms with E-state index in [1.807, 2.05) is 16.2 Å². The van der Waals surface area contributed by atoms with Gasteiger partial charge in [-0.25, -0.2) is 10.2 Å². The maximum Gasteiger partial charge on any atom is 0.418 e. The minimum absolute atomic E-state index is 0.251. The van der Waals surface area contributed by atoms with Gasteiger partial charge in [0, 0.05) is 0 Å². The Morgan fingerprint density at radius 2 is 1.86 bits per heavy atom. The molecule has 0 radical (unpaired) electrons. The summed E-state index contributed by atoms with van der Waals surface area (Å²) in [6, 6.07) is 3.39. The number of nitrogens with one attached hydrogen (secondary N) is 3. The second kappa shape index (κ2) is 6.93. The van der Waals surface area contributed by atoms with Crippen molar-refractivity contribution in [2.45, 2.75) is 25.6 Å². The van der Waals surface area contributed by atoms with Gasteiger partial charge in [-0.05, 0) is 19.1 Å². The monoisotopic (exact) mass is 305 g/mol. The van der Waals surface area contributed by atoms with Gasteiger partial charge in [0.25, 0.3) is 0 Å². The Hall–Kier alpha value is -2.29. The fourth-order valence-electron chi connectivity index (χ4n) is 1.44. The molecule has 21 heavy (non-hydrogen) atoms. The van der Waals surface area contributed by atoms with Gasteiger partial charge in [0.05, 0.1) is 23.8 Å². The summed E-state index contributed by atoms with van der Waals surface area (Å²) in [5.74, 6) is -0.677. The minimum Gasteiger partial charge on any atom is -0.393 e. The van der Waals surface area contributed by atoms with Crippen molar-refractivity contribution in [3.63, 3.8) is 0 Å². The first-order valence-electron chi connectivity index (χ1n) is 5.90. The molecule has 1 aromatic carbocycles. The highest BCUT2D eigenvalue weighted by atomic mass is 19.4. The van der Waals surface area contributed by atoms with Gasteiger partial charge >= 0.3 is 12.2 Å². The summed E-state index contributed by atoms with van der Waals surface area (Å²) in [6.45, 7) is 1.37. The average molecular weight is 305 g/mol. The summed E-state index contributed by atoms with van der Waals surface area (Å²) in [7, 11) is 0. The van der Waals surface area contributed by atoms with Crippen LogP contribution in [0.25, 0.3) is 0 Å². The van der Waals surface area contributed by atoms with Crippen molar-refractivity contribution in [2.24, 2.45) is 0 Å². The van der Waals surface area contributed by atoms with E-state index in [0.717, 1.165) is 12.1 Å². The number of para-hydroxylation sites is 1. The van der Waals surface area contributed by atoms with E-state index < -0.39 is 35.5 Å². The van der Waals surface area contributed by atoms with E-state index in [1.54, 1.807) is 0 Å². The molecule has 0 fully saturated rings. The molecule has 4 N–H and O–H groups in total. The van der Waals surface area contributed by atoms with Crippen LogP contribution in [-0.4, -0.2) is 23.1 Å². The fraction of sp³-hybridized carbons (Fsp3) is 0.333. The molecule has 0 saturated heterocycles. The Bertz CT molecular complexity index is 518. The largest absolute Gasteiger partial charge is 0.418 e. The molecule has 0 aliphatic carbocycles. The maximum absolute atomic E-state index is 12.7. The number of amides is 3. The van der Waals surface area contributed by atoms with E-state index in [9.17, 15) is 22.8 Å². The van der Waals surface area contributed by atoms with Gasteiger partial charge in [-0.1, -0.05) is 12.1 Å². The lowest BCUT2D eigenvalue weighted by molar-refractivity contribution is -0.137. The van der Waals surface area contributed by atoms with E-state index in [2.05, 4.69) is 0 Å². The molecular formula is C12H14F3N3O3. The van der Waals surface area contributed by atoms with Crippen molar-refractivity contribution >= 4 is 17.6 Å². The molecule has 0 aliphatic rings. The lowest BCUT2D eigenvalue weighted by Gasteiger charge is -2.14. The summed E-state index contributed by atoms with van der Waals surface area (Å²) >= 11 is 0. The van der Waals surface area contributed by atoms with Crippen LogP contribution in [0.3, 0.4) is 0 Å². The van der Waals surface area contributed by atoms with Gasteiger partial charge in [0.1, 0.15) is 0 Å². The Balaban J connectivity index is 2.62. The van der Waals surface area contributed by atoms with Crippen LogP contribution in [0, 0.1) is 0 Å². The SMILES string of the molecule is C[C@H](O)CC(=O)NNC(=O)Nc1ccccc1C(F)(F)F. The molecule has 0 heterocycles. The second-order valence-corrected chi connectivity index (χ2v) is 4.22. The lowest BCUT2D eigenvalue weighted by Crippen LogP contribution is -2.44. The third kappa shape index (κ3) is 5.69. The number of aliphatic hydroxyl groups excluding tert-OH is 1. The van der Waals surface area contributed by atoms with Crippen molar-refractivity contribution in [1.82, 2.24) is 10.9 Å². The molecule has 0 unspecified atom stereocenters. The zero-order valence-electron chi connectivity index (χ0n) is 11.0. The number of aliphatic hydroxyl groups is 1. The van der Waals surface area contributed by atoms with Crippen LogP contribution in [0.1, 0.15) is 18.9 Å². The maximum atomic E-state index is 12.7. The van der Waals surface area contributed by atoms with Crippen LogP contribution >= 0.6 is 0 Å². The van der Waals surface area contributed by atoms with Gasteiger partial charge in [-0.15, -0.1) is 0 Å². The third-order valence-corrected chi connectivity index (χ3v) is 2.28. The van der Waals surface area contributed by atoms with Crippen LogP contribution in [0.4, 0.5) is 23.7 Å². The number of hydrazine groups is 1. The average Bonchev–Trinajstić information content (AvgIpc) is 2.35. The van der Waals surface area contributed by atoms with E-state index in [1.165, 1.54) is 19.1 Å². The molecule has 3 amide bonds. The van der Waals surface area contributed by atoms with Crippen LogP contribution in [-0.2, 0) is 11.0 Å². The highest BCUT2D eigenvalue weighted by Crippen LogP contribution is 2.34. The van der Waals surface area contributed by atoms with Gasteiger partial charge < -0.3 is 10.4 Å². The number of anilines is 1. The highest BCUT2D eigenvalue weighted by molar-refractivity contribution is 5.91. The quantitative estimate of drug-likeness (QED) is 0.640. The van der Waals surface area contributed by atoms with E-state index >= 15 is 0 Å². The molecule has 1 atom stereocenters. The van der Waals surface area contributed by atoms with E-state index in [-0.39, 0.29) is 6.42 Å². The first-order valence-corrected chi connectivity index (χ1v) is 5.90. The standard InChI is InChI=1S/C12H14F3N3O3/c1-7(19)6-10(20)17-18-11(21)16-9-5-3-2-4-8(9)12(13,14)15/h2-5,7,19H,6H2,1H3,(H,17,20)(H2,16,18,21)/t7-/m0/s1. The van der Waals surface area contributed by atoms with E-state index in [0.29, 0.717) is 0 Å². The minimum atomic E-state index is -4.61. The number of alkyl halides is 3. The molecule has 0 spiro atoms. The summed E-state index contributed by atoms with van der Waals surface area (Å²) in [5, 5.41) is 10.9. The molecule has 0 saturated carbocycles. The Kier molecular flexibility index (Phi) is 5.53. The van der Waals surface area contributed by atoms with E-state index in [4.69, 9.17) is 5.11 Å². The summed E-state index contributed by atoms with van der Waals surface area (Å²) < 4.78 is 38.1. The zero-order chi connectivity index (χ0) is 16.0. The smallest absolute Gasteiger partial charge is 0.393 e. The van der Waals surface area contributed by atoms with Crippen molar-refractivity contribution in [2.75, 3.05) is 5.32 Å². The van der Waals surface area contributed by atoms with Gasteiger partial charge in [0.15, 0.2) is 0 Å². The molecule has 6 nitrogen and oxygen atoms in total. The first kappa shape index (κ1) is 16.8. The van der Waals surface area contributed by atoms with Crippen molar-refractivity contribution in [1.29, 1.82) is 0 Å². The molecule has 1 rings (SSSR count). The molecule has 0 aliphatic heterocycles. The zero-order valence-corrected chi connectivity index (χ0v) is 11.0.